The van der Waals surface area contributed by atoms with E-state index in [0.717, 1.165) is 6.54 Å². The standard InChI is InChI=1S/C12H17N3OS/c1-10-3-4-12(17-10)8-13-7-11(16)9-15-6-2-5-14-15/h2-6,11,13,16H,7-9H2,1H3. The van der Waals surface area contributed by atoms with Gasteiger partial charge >= 0.3 is 0 Å². The maximum atomic E-state index is 9.78. The molecule has 0 aliphatic carbocycles. The lowest BCUT2D eigenvalue weighted by atomic mass is 10.3. The quantitative estimate of drug-likeness (QED) is 0.816. The molecule has 0 amide bonds. The van der Waals surface area contributed by atoms with Gasteiger partial charge in [-0.15, -0.1) is 11.3 Å². The largest absolute Gasteiger partial charge is 0.390 e. The minimum absolute atomic E-state index is 0.407. The van der Waals surface area contributed by atoms with Crippen molar-refractivity contribution in [1.29, 1.82) is 0 Å². The fourth-order valence-corrected chi connectivity index (χ4v) is 2.49. The number of nitrogens with one attached hydrogen (secondary N) is 1. The molecule has 2 aromatic heterocycles. The zero-order valence-corrected chi connectivity index (χ0v) is 10.7. The number of hydrogen-bond acceptors (Lipinski definition) is 4. The van der Waals surface area contributed by atoms with Gasteiger partial charge in [-0.25, -0.2) is 0 Å². The number of hydrogen-bond donors (Lipinski definition) is 2. The highest BCUT2D eigenvalue weighted by molar-refractivity contribution is 7.11. The van der Waals surface area contributed by atoms with Crippen molar-refractivity contribution in [3.8, 4) is 0 Å². The lowest BCUT2D eigenvalue weighted by molar-refractivity contribution is 0.146. The van der Waals surface area contributed by atoms with Gasteiger partial charge in [-0.2, -0.15) is 5.10 Å². The molecule has 0 saturated carbocycles. The van der Waals surface area contributed by atoms with Gasteiger partial charge in [0, 0.05) is 35.2 Å². The SMILES string of the molecule is Cc1ccc(CNCC(O)Cn2cccn2)s1. The number of aliphatic hydroxyl groups excluding tert-OH is 1. The number of aliphatic hydroxyl groups is 1. The van der Waals surface area contributed by atoms with Crippen molar-refractivity contribution in [3.05, 3.63) is 40.3 Å². The number of aromatic nitrogens is 2. The summed E-state index contributed by atoms with van der Waals surface area (Å²) in [5, 5.41) is 17.1. The van der Waals surface area contributed by atoms with Crippen LogP contribution in [0.4, 0.5) is 0 Å². The van der Waals surface area contributed by atoms with Crippen LogP contribution in [0.1, 0.15) is 9.75 Å². The molecule has 92 valence electrons. The normalized spacial score (nSPS) is 12.8. The monoisotopic (exact) mass is 251 g/mol. The van der Waals surface area contributed by atoms with Crippen molar-refractivity contribution >= 4 is 11.3 Å². The third-order valence-electron chi connectivity index (χ3n) is 2.43. The van der Waals surface area contributed by atoms with Crippen LogP contribution in [-0.2, 0) is 13.1 Å². The lowest BCUT2D eigenvalue weighted by Crippen LogP contribution is -2.29. The second kappa shape index (κ2) is 5.95. The van der Waals surface area contributed by atoms with E-state index in [0.29, 0.717) is 13.1 Å². The van der Waals surface area contributed by atoms with E-state index in [9.17, 15) is 5.11 Å². The van der Waals surface area contributed by atoms with Crippen LogP contribution in [0.15, 0.2) is 30.6 Å². The van der Waals surface area contributed by atoms with Crippen molar-refractivity contribution in [2.45, 2.75) is 26.1 Å². The second-order valence-electron chi connectivity index (χ2n) is 4.03. The molecule has 0 aromatic carbocycles. The summed E-state index contributed by atoms with van der Waals surface area (Å²) in [6, 6.07) is 6.09. The fourth-order valence-electron chi connectivity index (χ4n) is 1.63. The van der Waals surface area contributed by atoms with Gasteiger partial charge in [-0.05, 0) is 25.1 Å². The molecule has 1 unspecified atom stereocenters. The molecule has 4 nitrogen and oxygen atoms in total. The molecule has 0 spiro atoms. The Hall–Kier alpha value is -1.17. The molecule has 0 aliphatic rings. The Morgan fingerprint density at radius 2 is 2.41 bits per heavy atom. The first-order valence-electron chi connectivity index (χ1n) is 5.65. The molecule has 2 N–H and O–H groups in total. The summed E-state index contributed by atoms with van der Waals surface area (Å²) in [5.74, 6) is 0. The zero-order chi connectivity index (χ0) is 12.1. The summed E-state index contributed by atoms with van der Waals surface area (Å²) in [6.07, 6.45) is 3.16. The van der Waals surface area contributed by atoms with Crippen LogP contribution >= 0.6 is 11.3 Å². The molecule has 0 saturated heterocycles. The first-order valence-corrected chi connectivity index (χ1v) is 6.47. The van der Waals surface area contributed by atoms with E-state index in [4.69, 9.17) is 0 Å². The van der Waals surface area contributed by atoms with Crippen molar-refractivity contribution in [1.82, 2.24) is 15.1 Å². The lowest BCUT2D eigenvalue weighted by Gasteiger charge is -2.11. The third kappa shape index (κ3) is 3.96. The summed E-state index contributed by atoms with van der Waals surface area (Å²) in [6.45, 7) is 4.02. The van der Waals surface area contributed by atoms with E-state index < -0.39 is 6.10 Å². The van der Waals surface area contributed by atoms with E-state index in [1.165, 1.54) is 9.75 Å². The van der Waals surface area contributed by atoms with E-state index >= 15 is 0 Å². The zero-order valence-electron chi connectivity index (χ0n) is 9.84. The summed E-state index contributed by atoms with van der Waals surface area (Å²) < 4.78 is 1.74. The minimum Gasteiger partial charge on any atom is -0.390 e. The predicted octanol–water partition coefficient (Wildman–Crippen LogP) is 1.40. The predicted molar refractivity (Wildman–Crippen MR) is 69.0 cm³/mol. The highest BCUT2D eigenvalue weighted by atomic mass is 32.1. The Morgan fingerprint density at radius 3 is 3.06 bits per heavy atom. The Morgan fingerprint density at radius 1 is 1.53 bits per heavy atom. The first-order chi connectivity index (χ1) is 8.24. The highest BCUT2D eigenvalue weighted by Crippen LogP contribution is 2.14. The molecule has 2 heterocycles. The Balaban J connectivity index is 1.68. The first kappa shape index (κ1) is 12.3. The van der Waals surface area contributed by atoms with E-state index in [2.05, 4.69) is 29.5 Å². The summed E-state index contributed by atoms with van der Waals surface area (Å²) in [5.41, 5.74) is 0. The molecule has 5 heteroatoms. The molecule has 0 bridgehead atoms. The Labute approximate surface area is 105 Å². The van der Waals surface area contributed by atoms with Gasteiger partial charge in [0.1, 0.15) is 0 Å². The average Bonchev–Trinajstić information content (AvgIpc) is 2.90. The average molecular weight is 251 g/mol. The summed E-state index contributed by atoms with van der Waals surface area (Å²) in [4.78, 5) is 2.62. The number of aryl methyl sites for hydroxylation is 1. The van der Waals surface area contributed by atoms with E-state index in [1.807, 2.05) is 12.3 Å². The smallest absolute Gasteiger partial charge is 0.0860 e. The van der Waals surface area contributed by atoms with Crippen LogP contribution in [0.3, 0.4) is 0 Å². The topological polar surface area (TPSA) is 50.1 Å². The van der Waals surface area contributed by atoms with Gasteiger partial charge in [-0.3, -0.25) is 4.68 Å². The summed E-state index contributed by atoms with van der Waals surface area (Å²) in [7, 11) is 0. The maximum Gasteiger partial charge on any atom is 0.0860 e. The van der Waals surface area contributed by atoms with Crippen molar-refractivity contribution < 1.29 is 5.11 Å². The van der Waals surface area contributed by atoms with E-state index in [-0.39, 0.29) is 0 Å². The molecule has 17 heavy (non-hydrogen) atoms. The van der Waals surface area contributed by atoms with Crippen molar-refractivity contribution in [2.24, 2.45) is 0 Å². The number of thiophene rings is 1. The molecule has 0 fully saturated rings. The number of rotatable bonds is 6. The van der Waals surface area contributed by atoms with Crippen LogP contribution in [0.25, 0.3) is 0 Å². The fraction of sp³-hybridized carbons (Fsp3) is 0.417. The van der Waals surface area contributed by atoms with Crippen molar-refractivity contribution in [3.63, 3.8) is 0 Å². The molecule has 0 radical (unpaired) electrons. The molecular weight excluding hydrogens is 234 g/mol. The van der Waals surface area contributed by atoms with Crippen molar-refractivity contribution in [2.75, 3.05) is 6.54 Å². The molecule has 0 aliphatic heterocycles. The van der Waals surface area contributed by atoms with Crippen LogP contribution in [0, 0.1) is 6.92 Å². The minimum atomic E-state index is -0.407. The molecular formula is C12H17N3OS. The number of nitrogens with zero attached hydrogens (tertiary/aromatic N) is 2. The van der Waals surface area contributed by atoms with Gasteiger partial charge in [0.25, 0.3) is 0 Å². The molecule has 1 atom stereocenters. The third-order valence-corrected chi connectivity index (χ3v) is 3.43. The van der Waals surface area contributed by atoms with Crippen LogP contribution in [0.5, 0.6) is 0 Å². The van der Waals surface area contributed by atoms with Gasteiger partial charge in [0.05, 0.1) is 12.6 Å². The van der Waals surface area contributed by atoms with Gasteiger partial charge in [0.15, 0.2) is 0 Å². The van der Waals surface area contributed by atoms with Crippen LogP contribution in [0.2, 0.25) is 0 Å². The summed E-state index contributed by atoms with van der Waals surface area (Å²) >= 11 is 1.78. The van der Waals surface area contributed by atoms with Gasteiger partial charge < -0.3 is 10.4 Å². The molecule has 2 aromatic rings. The van der Waals surface area contributed by atoms with Crippen LogP contribution in [-0.4, -0.2) is 27.5 Å². The second-order valence-corrected chi connectivity index (χ2v) is 5.40. The highest BCUT2D eigenvalue weighted by Gasteiger charge is 2.05. The van der Waals surface area contributed by atoms with Crippen LogP contribution < -0.4 is 5.32 Å². The van der Waals surface area contributed by atoms with Gasteiger partial charge in [0.2, 0.25) is 0 Å². The van der Waals surface area contributed by atoms with E-state index in [1.54, 1.807) is 22.2 Å². The maximum absolute atomic E-state index is 9.78. The van der Waals surface area contributed by atoms with Gasteiger partial charge in [-0.1, -0.05) is 0 Å². The Kier molecular flexibility index (Phi) is 4.30. The molecule has 2 rings (SSSR count). The Bertz CT molecular complexity index is 438.